The largest absolute Gasteiger partial charge is 0.383 e. The van der Waals surface area contributed by atoms with Crippen molar-refractivity contribution in [3.8, 4) is 0 Å². The van der Waals surface area contributed by atoms with E-state index < -0.39 is 5.60 Å². The van der Waals surface area contributed by atoms with E-state index in [1.165, 1.54) is 6.42 Å². The molecule has 2 atom stereocenters. The molecule has 1 saturated carbocycles. The Labute approximate surface area is 91.1 Å². The second-order valence-electron chi connectivity index (χ2n) is 4.78. The third kappa shape index (κ3) is 2.07. The SMILES string of the molecule is CCC1CCCC(O)(c2ccn(C)n2)C1. The van der Waals surface area contributed by atoms with Crippen LogP contribution in [0.1, 0.15) is 44.7 Å². The van der Waals surface area contributed by atoms with Crippen molar-refractivity contribution in [2.75, 3.05) is 0 Å². The lowest BCUT2D eigenvalue weighted by molar-refractivity contribution is -0.0257. The summed E-state index contributed by atoms with van der Waals surface area (Å²) in [6.45, 7) is 2.20. The molecule has 1 aliphatic carbocycles. The molecule has 15 heavy (non-hydrogen) atoms. The van der Waals surface area contributed by atoms with E-state index in [0.29, 0.717) is 5.92 Å². The number of nitrogens with zero attached hydrogens (tertiary/aromatic N) is 2. The predicted molar refractivity (Wildman–Crippen MR) is 59.4 cm³/mol. The smallest absolute Gasteiger partial charge is 0.109 e. The van der Waals surface area contributed by atoms with Crippen molar-refractivity contribution in [3.05, 3.63) is 18.0 Å². The highest BCUT2D eigenvalue weighted by atomic mass is 16.3. The van der Waals surface area contributed by atoms with Crippen LogP contribution in [-0.4, -0.2) is 14.9 Å². The van der Waals surface area contributed by atoms with Gasteiger partial charge in [0, 0.05) is 13.2 Å². The van der Waals surface area contributed by atoms with Crippen molar-refractivity contribution in [2.24, 2.45) is 13.0 Å². The first-order valence-electron chi connectivity index (χ1n) is 5.86. The molecule has 3 heteroatoms. The van der Waals surface area contributed by atoms with Gasteiger partial charge in [-0.25, -0.2) is 0 Å². The molecule has 0 saturated heterocycles. The fourth-order valence-electron chi connectivity index (χ4n) is 2.61. The van der Waals surface area contributed by atoms with Gasteiger partial charge in [0.2, 0.25) is 0 Å². The Balaban J connectivity index is 2.18. The lowest BCUT2D eigenvalue weighted by Crippen LogP contribution is -2.33. The van der Waals surface area contributed by atoms with Crippen LogP contribution in [0.4, 0.5) is 0 Å². The molecule has 0 bridgehead atoms. The van der Waals surface area contributed by atoms with Gasteiger partial charge in [0.05, 0.1) is 5.69 Å². The van der Waals surface area contributed by atoms with Crippen LogP contribution >= 0.6 is 0 Å². The zero-order chi connectivity index (χ0) is 10.9. The molecule has 0 spiro atoms. The third-order valence-corrected chi connectivity index (χ3v) is 3.60. The fourth-order valence-corrected chi connectivity index (χ4v) is 2.61. The molecule has 1 fully saturated rings. The first kappa shape index (κ1) is 10.7. The van der Waals surface area contributed by atoms with Gasteiger partial charge >= 0.3 is 0 Å². The number of aryl methyl sites for hydroxylation is 1. The van der Waals surface area contributed by atoms with Crippen LogP contribution in [0.25, 0.3) is 0 Å². The highest BCUT2D eigenvalue weighted by Crippen LogP contribution is 2.40. The summed E-state index contributed by atoms with van der Waals surface area (Å²) in [5.74, 6) is 0.658. The van der Waals surface area contributed by atoms with Crippen LogP contribution in [0.15, 0.2) is 12.3 Å². The van der Waals surface area contributed by atoms with E-state index >= 15 is 0 Å². The quantitative estimate of drug-likeness (QED) is 0.809. The van der Waals surface area contributed by atoms with Crippen molar-refractivity contribution >= 4 is 0 Å². The average molecular weight is 208 g/mol. The van der Waals surface area contributed by atoms with E-state index in [4.69, 9.17) is 0 Å². The molecule has 2 rings (SSSR count). The summed E-state index contributed by atoms with van der Waals surface area (Å²) in [6.07, 6.45) is 7.18. The van der Waals surface area contributed by atoms with E-state index in [0.717, 1.165) is 31.4 Å². The second kappa shape index (κ2) is 3.97. The summed E-state index contributed by atoms with van der Waals surface area (Å²) in [5, 5.41) is 14.9. The van der Waals surface area contributed by atoms with Crippen molar-refractivity contribution in [1.82, 2.24) is 9.78 Å². The number of aromatic nitrogens is 2. The number of rotatable bonds is 2. The predicted octanol–water partition coefficient (Wildman–Crippen LogP) is 2.21. The molecule has 84 valence electrons. The van der Waals surface area contributed by atoms with E-state index in [1.54, 1.807) is 4.68 Å². The average Bonchev–Trinajstić information content (AvgIpc) is 2.65. The number of hydrogen-bond donors (Lipinski definition) is 1. The van der Waals surface area contributed by atoms with Crippen molar-refractivity contribution in [1.29, 1.82) is 0 Å². The monoisotopic (exact) mass is 208 g/mol. The summed E-state index contributed by atoms with van der Waals surface area (Å²) in [6, 6.07) is 1.94. The zero-order valence-electron chi connectivity index (χ0n) is 9.61. The Kier molecular flexibility index (Phi) is 2.83. The van der Waals surface area contributed by atoms with E-state index in [-0.39, 0.29) is 0 Å². The van der Waals surface area contributed by atoms with Crippen molar-refractivity contribution in [2.45, 2.75) is 44.6 Å². The fraction of sp³-hybridized carbons (Fsp3) is 0.750. The number of aliphatic hydroxyl groups is 1. The van der Waals surface area contributed by atoms with Crippen LogP contribution in [0.5, 0.6) is 0 Å². The molecule has 1 heterocycles. The topological polar surface area (TPSA) is 38.0 Å². The van der Waals surface area contributed by atoms with Crippen LogP contribution in [0.2, 0.25) is 0 Å². The van der Waals surface area contributed by atoms with Gasteiger partial charge in [-0.05, 0) is 31.2 Å². The van der Waals surface area contributed by atoms with Gasteiger partial charge in [-0.15, -0.1) is 0 Å². The Bertz CT molecular complexity index is 334. The van der Waals surface area contributed by atoms with Gasteiger partial charge in [0.25, 0.3) is 0 Å². The molecule has 1 N–H and O–H groups in total. The summed E-state index contributed by atoms with van der Waals surface area (Å²) in [4.78, 5) is 0. The normalized spacial score (nSPS) is 31.8. The molecule has 0 amide bonds. The standard InChI is InChI=1S/C12H20N2O/c1-3-10-5-4-7-12(15,9-10)11-6-8-14(2)13-11/h6,8,10,15H,3-5,7,9H2,1-2H3. The van der Waals surface area contributed by atoms with Gasteiger partial charge in [-0.2, -0.15) is 5.10 Å². The van der Waals surface area contributed by atoms with Gasteiger partial charge < -0.3 is 5.11 Å². The maximum Gasteiger partial charge on any atom is 0.109 e. The maximum absolute atomic E-state index is 10.6. The lowest BCUT2D eigenvalue weighted by Gasteiger charge is -2.35. The summed E-state index contributed by atoms with van der Waals surface area (Å²) >= 11 is 0. The third-order valence-electron chi connectivity index (χ3n) is 3.60. The zero-order valence-corrected chi connectivity index (χ0v) is 9.61. The molecular formula is C12H20N2O. The molecule has 2 unspecified atom stereocenters. The minimum absolute atomic E-state index is 0.658. The molecule has 0 aromatic carbocycles. The summed E-state index contributed by atoms with van der Waals surface area (Å²) in [7, 11) is 1.90. The van der Waals surface area contributed by atoms with Gasteiger partial charge in [-0.1, -0.05) is 19.8 Å². The highest BCUT2D eigenvalue weighted by molar-refractivity contribution is 5.11. The van der Waals surface area contributed by atoms with Crippen LogP contribution in [0, 0.1) is 5.92 Å². The van der Waals surface area contributed by atoms with E-state index in [1.807, 2.05) is 19.3 Å². The van der Waals surface area contributed by atoms with Crippen molar-refractivity contribution in [3.63, 3.8) is 0 Å². The minimum atomic E-state index is -0.666. The Morgan fingerprint density at radius 1 is 1.67 bits per heavy atom. The summed E-state index contributed by atoms with van der Waals surface area (Å²) < 4.78 is 1.77. The molecule has 1 aromatic rings. The van der Waals surface area contributed by atoms with Gasteiger partial charge in [-0.3, -0.25) is 4.68 Å². The molecule has 0 aliphatic heterocycles. The summed E-state index contributed by atoms with van der Waals surface area (Å²) in [5.41, 5.74) is 0.184. The molecular weight excluding hydrogens is 188 g/mol. The lowest BCUT2D eigenvalue weighted by atomic mass is 9.75. The first-order chi connectivity index (χ1) is 7.14. The Hall–Kier alpha value is -0.830. The number of hydrogen-bond acceptors (Lipinski definition) is 2. The first-order valence-corrected chi connectivity index (χ1v) is 5.86. The van der Waals surface area contributed by atoms with E-state index in [9.17, 15) is 5.11 Å². The molecule has 0 radical (unpaired) electrons. The van der Waals surface area contributed by atoms with Crippen LogP contribution in [0.3, 0.4) is 0 Å². The van der Waals surface area contributed by atoms with Crippen molar-refractivity contribution < 1.29 is 5.11 Å². The second-order valence-corrected chi connectivity index (χ2v) is 4.78. The Morgan fingerprint density at radius 2 is 2.47 bits per heavy atom. The van der Waals surface area contributed by atoms with E-state index in [2.05, 4.69) is 12.0 Å². The minimum Gasteiger partial charge on any atom is -0.383 e. The Morgan fingerprint density at radius 3 is 3.07 bits per heavy atom. The molecule has 3 nitrogen and oxygen atoms in total. The van der Waals surface area contributed by atoms with Crippen LogP contribution < -0.4 is 0 Å². The van der Waals surface area contributed by atoms with Gasteiger partial charge in [0.15, 0.2) is 0 Å². The highest BCUT2D eigenvalue weighted by Gasteiger charge is 2.36. The molecule has 1 aliphatic rings. The van der Waals surface area contributed by atoms with Gasteiger partial charge in [0.1, 0.15) is 5.60 Å². The molecule has 1 aromatic heterocycles. The van der Waals surface area contributed by atoms with Crippen LogP contribution in [-0.2, 0) is 12.6 Å². The maximum atomic E-state index is 10.6.